The van der Waals surface area contributed by atoms with Gasteiger partial charge in [-0.05, 0) is 23.6 Å². The fraction of sp³-hybridized carbons (Fsp3) is 0.278. The standard InChI is InChI=1S/C18H18N3O3/c22-12-21(15-7-3-4-9-19-15)11-16(23)20-10-8-13-5-1-2-6-14(13)17(20)18(21)24/h1-7,9,12,17-18,24H,8,10-11H2/q+1. The summed E-state index contributed by atoms with van der Waals surface area (Å²) >= 11 is 0. The molecule has 24 heavy (non-hydrogen) atoms. The lowest BCUT2D eigenvalue weighted by atomic mass is 9.88. The molecule has 3 unspecified atom stereocenters. The Hall–Kier alpha value is -2.57. The van der Waals surface area contributed by atoms with Crippen LogP contribution in [-0.2, 0) is 16.0 Å². The summed E-state index contributed by atoms with van der Waals surface area (Å²) in [4.78, 5) is 30.7. The van der Waals surface area contributed by atoms with Gasteiger partial charge in [0.2, 0.25) is 12.0 Å². The van der Waals surface area contributed by atoms with Gasteiger partial charge in [-0.2, -0.15) is 4.48 Å². The first-order valence-corrected chi connectivity index (χ1v) is 7.98. The number of aliphatic hydroxyl groups excluding tert-OH is 1. The van der Waals surface area contributed by atoms with Crippen LogP contribution in [-0.4, -0.2) is 46.6 Å². The second-order valence-electron chi connectivity index (χ2n) is 6.28. The molecule has 122 valence electrons. The van der Waals surface area contributed by atoms with Crippen molar-refractivity contribution in [3.8, 4) is 0 Å². The van der Waals surface area contributed by atoms with Crippen LogP contribution < -0.4 is 4.48 Å². The zero-order chi connectivity index (χ0) is 16.7. The van der Waals surface area contributed by atoms with E-state index in [1.165, 1.54) is 0 Å². The molecule has 0 aliphatic carbocycles. The number of quaternary nitrogens is 1. The highest BCUT2D eigenvalue weighted by Gasteiger charge is 2.55. The summed E-state index contributed by atoms with van der Waals surface area (Å²) in [7, 11) is 0. The van der Waals surface area contributed by atoms with Crippen LogP contribution in [0.5, 0.6) is 0 Å². The van der Waals surface area contributed by atoms with E-state index < -0.39 is 16.8 Å². The Balaban J connectivity index is 1.87. The number of hydrogen-bond acceptors (Lipinski definition) is 4. The first-order chi connectivity index (χ1) is 11.7. The van der Waals surface area contributed by atoms with E-state index in [2.05, 4.69) is 4.98 Å². The summed E-state index contributed by atoms with van der Waals surface area (Å²) in [6.07, 6.45) is 1.88. The van der Waals surface area contributed by atoms with E-state index in [-0.39, 0.29) is 12.5 Å². The Bertz CT molecular complexity index is 795. The molecule has 1 saturated heterocycles. The van der Waals surface area contributed by atoms with Crippen LogP contribution in [0.3, 0.4) is 0 Å². The largest absolute Gasteiger partial charge is 0.342 e. The van der Waals surface area contributed by atoms with Gasteiger partial charge >= 0.3 is 6.41 Å². The smallest absolute Gasteiger partial charge is 0.310 e. The molecule has 2 aromatic rings. The van der Waals surface area contributed by atoms with E-state index in [1.54, 1.807) is 29.3 Å². The van der Waals surface area contributed by atoms with Crippen molar-refractivity contribution in [3.05, 3.63) is 59.8 Å². The molecular weight excluding hydrogens is 306 g/mol. The summed E-state index contributed by atoms with van der Waals surface area (Å²) in [5.74, 6) is 0.244. The van der Waals surface area contributed by atoms with E-state index in [0.29, 0.717) is 18.8 Å². The summed E-state index contributed by atoms with van der Waals surface area (Å²) in [6, 6.07) is 12.4. The van der Waals surface area contributed by atoms with Crippen molar-refractivity contribution in [1.82, 2.24) is 14.4 Å². The van der Waals surface area contributed by atoms with E-state index in [0.717, 1.165) is 17.5 Å². The van der Waals surface area contributed by atoms with Crippen LogP contribution >= 0.6 is 0 Å². The number of hydrogen-bond donors (Lipinski definition) is 1. The third-order valence-corrected chi connectivity index (χ3v) is 5.07. The third kappa shape index (κ3) is 2.00. The molecule has 0 radical (unpaired) electrons. The number of benzene rings is 1. The molecule has 0 saturated carbocycles. The second kappa shape index (κ2) is 5.51. The van der Waals surface area contributed by atoms with Crippen LogP contribution in [0, 0.1) is 0 Å². The van der Waals surface area contributed by atoms with Crippen molar-refractivity contribution in [3.63, 3.8) is 0 Å². The minimum Gasteiger partial charge on any atom is -0.342 e. The van der Waals surface area contributed by atoms with Gasteiger partial charge in [-0.3, -0.25) is 4.79 Å². The molecule has 1 aromatic carbocycles. The molecule has 4 rings (SSSR count). The van der Waals surface area contributed by atoms with Gasteiger partial charge in [-0.15, -0.1) is 0 Å². The summed E-state index contributed by atoms with van der Waals surface area (Å²) < 4.78 is -0.491. The molecule has 6 heteroatoms. The van der Waals surface area contributed by atoms with Crippen molar-refractivity contribution in [2.75, 3.05) is 13.1 Å². The quantitative estimate of drug-likeness (QED) is 0.661. The van der Waals surface area contributed by atoms with Crippen molar-refractivity contribution in [2.24, 2.45) is 0 Å². The maximum absolute atomic E-state index is 12.7. The van der Waals surface area contributed by atoms with Crippen molar-refractivity contribution >= 4 is 18.1 Å². The molecule has 3 heterocycles. The Kier molecular flexibility index (Phi) is 3.44. The molecule has 1 fully saturated rings. The summed E-state index contributed by atoms with van der Waals surface area (Å²) in [6.45, 7) is 0.443. The van der Waals surface area contributed by atoms with Crippen LogP contribution in [0.1, 0.15) is 17.2 Å². The number of nitrogens with zero attached hydrogens (tertiary/aromatic N) is 3. The first-order valence-electron chi connectivity index (χ1n) is 7.98. The van der Waals surface area contributed by atoms with Crippen LogP contribution in [0.25, 0.3) is 0 Å². The number of aromatic nitrogens is 1. The van der Waals surface area contributed by atoms with Crippen LogP contribution in [0.4, 0.5) is 5.82 Å². The molecule has 0 bridgehead atoms. The van der Waals surface area contributed by atoms with Crippen molar-refractivity contribution < 1.29 is 14.7 Å². The van der Waals surface area contributed by atoms with Gasteiger partial charge in [0.15, 0.2) is 6.54 Å². The van der Waals surface area contributed by atoms with E-state index in [1.807, 2.05) is 24.3 Å². The molecule has 2 amide bonds. The average molecular weight is 324 g/mol. The van der Waals surface area contributed by atoms with Crippen LogP contribution in [0.15, 0.2) is 48.7 Å². The number of aliphatic hydroxyl groups is 1. The van der Waals surface area contributed by atoms with E-state index in [9.17, 15) is 14.7 Å². The van der Waals surface area contributed by atoms with Gasteiger partial charge in [0.25, 0.3) is 5.91 Å². The molecule has 1 N–H and O–H groups in total. The topological polar surface area (TPSA) is 70.5 Å². The minimum absolute atomic E-state index is 0.111. The highest BCUT2D eigenvalue weighted by Crippen LogP contribution is 2.40. The predicted octanol–water partition coefficient (Wildman–Crippen LogP) is 1.00. The molecule has 2 aliphatic heterocycles. The number of fused-ring (bicyclic) bond motifs is 3. The maximum Gasteiger partial charge on any atom is 0.310 e. The Labute approximate surface area is 139 Å². The number of pyridine rings is 1. The number of carbonyl (C=O) groups excluding carboxylic acids is 2. The second-order valence-corrected chi connectivity index (χ2v) is 6.28. The summed E-state index contributed by atoms with van der Waals surface area (Å²) in [5.41, 5.74) is 2.02. The zero-order valence-electron chi connectivity index (χ0n) is 13.1. The first kappa shape index (κ1) is 15.0. The van der Waals surface area contributed by atoms with Gasteiger partial charge in [0.1, 0.15) is 6.04 Å². The van der Waals surface area contributed by atoms with Crippen molar-refractivity contribution in [2.45, 2.75) is 18.7 Å². The SMILES string of the molecule is O=C[N+]1(c2ccccn2)CC(=O)N2CCc3ccccc3C2C1O. The predicted molar refractivity (Wildman–Crippen MR) is 87.6 cm³/mol. The number of carbonyl (C=O) groups is 2. The van der Waals surface area contributed by atoms with Gasteiger partial charge in [0.05, 0.1) is 0 Å². The Morgan fingerprint density at radius 3 is 2.75 bits per heavy atom. The number of piperazine rings is 1. The normalized spacial score (nSPS) is 28.9. The fourth-order valence-corrected chi connectivity index (χ4v) is 3.83. The third-order valence-electron chi connectivity index (χ3n) is 5.07. The zero-order valence-corrected chi connectivity index (χ0v) is 13.1. The Morgan fingerprint density at radius 1 is 1.21 bits per heavy atom. The molecular formula is C18H18N3O3+. The molecule has 1 aromatic heterocycles. The van der Waals surface area contributed by atoms with Crippen LogP contribution in [0.2, 0.25) is 0 Å². The van der Waals surface area contributed by atoms with Crippen molar-refractivity contribution in [1.29, 1.82) is 0 Å². The molecule has 6 nitrogen and oxygen atoms in total. The van der Waals surface area contributed by atoms with E-state index >= 15 is 0 Å². The van der Waals surface area contributed by atoms with Gasteiger partial charge in [0, 0.05) is 18.8 Å². The monoisotopic (exact) mass is 324 g/mol. The maximum atomic E-state index is 12.7. The average Bonchev–Trinajstić information content (AvgIpc) is 2.64. The fourth-order valence-electron chi connectivity index (χ4n) is 3.83. The highest BCUT2D eigenvalue weighted by molar-refractivity contribution is 5.87. The molecule has 3 atom stereocenters. The minimum atomic E-state index is -1.09. The lowest BCUT2D eigenvalue weighted by molar-refractivity contribution is -0.163. The number of amides is 2. The van der Waals surface area contributed by atoms with E-state index in [4.69, 9.17) is 0 Å². The van der Waals surface area contributed by atoms with Gasteiger partial charge < -0.3 is 10.0 Å². The highest BCUT2D eigenvalue weighted by atomic mass is 16.3. The number of rotatable bonds is 2. The summed E-state index contributed by atoms with van der Waals surface area (Å²) in [5, 5.41) is 11.1. The lowest BCUT2D eigenvalue weighted by Gasteiger charge is -2.49. The van der Waals surface area contributed by atoms with Gasteiger partial charge in [-0.25, -0.2) is 9.78 Å². The van der Waals surface area contributed by atoms with Gasteiger partial charge in [-0.1, -0.05) is 30.3 Å². The molecule has 2 aliphatic rings. The lowest BCUT2D eigenvalue weighted by Crippen LogP contribution is -2.70. The molecule has 0 spiro atoms. The Morgan fingerprint density at radius 2 is 2.00 bits per heavy atom.